The lowest BCUT2D eigenvalue weighted by molar-refractivity contribution is 0.0531. The lowest BCUT2D eigenvalue weighted by atomic mass is 9.74. The molecule has 1 aromatic carbocycles. The molecule has 0 bridgehead atoms. The highest BCUT2D eigenvalue weighted by molar-refractivity contribution is 5.80. The topological polar surface area (TPSA) is 58.1 Å². The molecule has 176 valence electrons. The third-order valence-electron chi connectivity index (χ3n) is 6.43. The van der Waals surface area contributed by atoms with Crippen molar-refractivity contribution in [3.63, 3.8) is 0 Å². The Bertz CT molecular complexity index is 637. The van der Waals surface area contributed by atoms with Gasteiger partial charge in [-0.1, -0.05) is 26.0 Å². The molecule has 1 fully saturated rings. The zero-order chi connectivity index (χ0) is 22.5. The van der Waals surface area contributed by atoms with Crippen LogP contribution in [0.5, 0.6) is 5.75 Å². The molecule has 6 heteroatoms. The summed E-state index contributed by atoms with van der Waals surface area (Å²) in [6, 6.07) is 8.88. The molecule has 2 N–H and O–H groups in total. The van der Waals surface area contributed by atoms with Crippen LogP contribution in [0, 0.1) is 0 Å². The number of ether oxygens (including phenoxy) is 2. The fourth-order valence-corrected chi connectivity index (χ4v) is 4.26. The van der Waals surface area contributed by atoms with E-state index in [9.17, 15) is 0 Å². The van der Waals surface area contributed by atoms with Gasteiger partial charge in [-0.25, -0.2) is 0 Å². The van der Waals surface area contributed by atoms with Gasteiger partial charge >= 0.3 is 0 Å². The number of rotatable bonds is 12. The summed E-state index contributed by atoms with van der Waals surface area (Å²) in [5, 5.41) is 7.06. The van der Waals surface area contributed by atoms with Crippen LogP contribution < -0.4 is 15.4 Å². The zero-order valence-electron chi connectivity index (χ0n) is 20.4. The smallest absolute Gasteiger partial charge is 0.191 e. The predicted octanol–water partition coefficient (Wildman–Crippen LogP) is 3.81. The van der Waals surface area contributed by atoms with Crippen molar-refractivity contribution < 1.29 is 9.47 Å². The molecule has 1 unspecified atom stereocenters. The van der Waals surface area contributed by atoms with Crippen LogP contribution in [0.1, 0.15) is 58.9 Å². The Morgan fingerprint density at radius 1 is 1.16 bits per heavy atom. The third kappa shape index (κ3) is 8.00. The molecule has 1 aliphatic rings. The Morgan fingerprint density at radius 3 is 2.42 bits per heavy atom. The summed E-state index contributed by atoms with van der Waals surface area (Å²) in [5.74, 6) is 1.81. The maximum Gasteiger partial charge on any atom is 0.191 e. The van der Waals surface area contributed by atoms with E-state index in [1.54, 1.807) is 7.11 Å². The fourth-order valence-electron chi connectivity index (χ4n) is 4.26. The Labute approximate surface area is 189 Å². The molecular formula is C25H44N4O2. The van der Waals surface area contributed by atoms with Crippen molar-refractivity contribution in [1.29, 1.82) is 0 Å². The van der Waals surface area contributed by atoms with Crippen LogP contribution in [0.4, 0.5) is 0 Å². The molecule has 1 aliphatic heterocycles. The average Bonchev–Trinajstić information content (AvgIpc) is 2.81. The lowest BCUT2D eigenvalue weighted by Crippen LogP contribution is -2.44. The summed E-state index contributed by atoms with van der Waals surface area (Å²) in [7, 11) is 1.71. The molecule has 1 atom stereocenters. The van der Waals surface area contributed by atoms with E-state index < -0.39 is 0 Å². The molecular weight excluding hydrogens is 388 g/mol. The van der Waals surface area contributed by atoms with Gasteiger partial charge in [0.25, 0.3) is 0 Å². The van der Waals surface area contributed by atoms with E-state index in [1.165, 1.54) is 12.0 Å². The largest absolute Gasteiger partial charge is 0.497 e. The number of hydrogen-bond donors (Lipinski definition) is 2. The SMILES string of the molecule is CCNC(=NCC1(c2ccc(OC)cc2)CCOCC1)NC(C)CCCN(CC)CC. The van der Waals surface area contributed by atoms with Crippen molar-refractivity contribution in [1.82, 2.24) is 15.5 Å². The van der Waals surface area contributed by atoms with Crippen LogP contribution in [0.25, 0.3) is 0 Å². The van der Waals surface area contributed by atoms with Crippen molar-refractivity contribution in [3.8, 4) is 5.75 Å². The minimum absolute atomic E-state index is 0.0128. The third-order valence-corrected chi connectivity index (χ3v) is 6.43. The Morgan fingerprint density at radius 2 is 1.84 bits per heavy atom. The Kier molecular flexibility index (Phi) is 11.2. The van der Waals surface area contributed by atoms with Crippen LogP contribution in [-0.2, 0) is 10.2 Å². The van der Waals surface area contributed by atoms with E-state index in [4.69, 9.17) is 14.5 Å². The number of hydrogen-bond acceptors (Lipinski definition) is 4. The fraction of sp³-hybridized carbons (Fsp3) is 0.720. The highest BCUT2D eigenvalue weighted by Gasteiger charge is 2.34. The Hall–Kier alpha value is -1.79. The van der Waals surface area contributed by atoms with Crippen molar-refractivity contribution in [2.24, 2.45) is 4.99 Å². The van der Waals surface area contributed by atoms with Crippen molar-refractivity contribution in [2.45, 2.75) is 64.8 Å². The van der Waals surface area contributed by atoms with Gasteiger partial charge in [0.2, 0.25) is 0 Å². The normalized spacial score (nSPS) is 17.4. The lowest BCUT2D eigenvalue weighted by Gasteiger charge is -2.37. The van der Waals surface area contributed by atoms with E-state index in [1.807, 2.05) is 0 Å². The van der Waals surface area contributed by atoms with Crippen molar-refractivity contribution in [3.05, 3.63) is 29.8 Å². The maximum atomic E-state index is 5.68. The van der Waals surface area contributed by atoms with Gasteiger partial charge in [-0.3, -0.25) is 4.99 Å². The average molecular weight is 433 g/mol. The summed E-state index contributed by atoms with van der Waals surface area (Å²) in [4.78, 5) is 7.52. The first-order chi connectivity index (χ1) is 15.1. The first-order valence-electron chi connectivity index (χ1n) is 12.1. The van der Waals surface area contributed by atoms with E-state index in [0.29, 0.717) is 6.04 Å². The number of guanidine groups is 1. The second kappa shape index (κ2) is 13.6. The van der Waals surface area contributed by atoms with Gasteiger partial charge < -0.3 is 25.0 Å². The van der Waals surface area contributed by atoms with Crippen LogP contribution >= 0.6 is 0 Å². The van der Waals surface area contributed by atoms with Crippen LogP contribution in [-0.4, -0.2) is 69.9 Å². The number of aliphatic imine (C=N–C) groups is 1. The molecule has 1 aromatic rings. The first-order valence-corrected chi connectivity index (χ1v) is 12.1. The first kappa shape index (κ1) is 25.5. The summed E-state index contributed by atoms with van der Waals surface area (Å²) in [6.45, 7) is 15.4. The van der Waals surface area contributed by atoms with Gasteiger partial charge in [-0.2, -0.15) is 0 Å². The molecule has 0 spiro atoms. The van der Waals surface area contributed by atoms with E-state index in [2.05, 4.69) is 67.5 Å². The number of benzene rings is 1. The van der Waals surface area contributed by atoms with Crippen molar-refractivity contribution in [2.75, 3.05) is 53.0 Å². The summed E-state index contributed by atoms with van der Waals surface area (Å²) >= 11 is 0. The molecule has 2 rings (SSSR count). The summed E-state index contributed by atoms with van der Waals surface area (Å²) in [5.41, 5.74) is 1.34. The zero-order valence-corrected chi connectivity index (χ0v) is 20.4. The quantitative estimate of drug-likeness (QED) is 0.389. The molecule has 1 heterocycles. The molecule has 0 saturated carbocycles. The molecule has 6 nitrogen and oxygen atoms in total. The molecule has 0 amide bonds. The molecule has 31 heavy (non-hydrogen) atoms. The second-order valence-corrected chi connectivity index (χ2v) is 8.53. The van der Waals surface area contributed by atoms with E-state index >= 15 is 0 Å². The summed E-state index contributed by atoms with van der Waals surface area (Å²) < 4.78 is 11.0. The maximum absolute atomic E-state index is 5.68. The van der Waals surface area contributed by atoms with Gasteiger partial charge in [-0.05, 0) is 76.9 Å². The number of methoxy groups -OCH3 is 1. The van der Waals surface area contributed by atoms with E-state index in [-0.39, 0.29) is 5.41 Å². The molecule has 0 aliphatic carbocycles. The minimum Gasteiger partial charge on any atom is -0.497 e. The minimum atomic E-state index is 0.0128. The van der Waals surface area contributed by atoms with E-state index in [0.717, 1.165) is 76.9 Å². The van der Waals surface area contributed by atoms with Gasteiger partial charge in [0.15, 0.2) is 5.96 Å². The second-order valence-electron chi connectivity index (χ2n) is 8.53. The van der Waals surface area contributed by atoms with Gasteiger partial charge in [0.05, 0.1) is 13.7 Å². The van der Waals surface area contributed by atoms with Gasteiger partial charge in [0.1, 0.15) is 5.75 Å². The van der Waals surface area contributed by atoms with Gasteiger partial charge in [0, 0.05) is 31.2 Å². The molecule has 0 aromatic heterocycles. The van der Waals surface area contributed by atoms with Gasteiger partial charge in [-0.15, -0.1) is 0 Å². The molecule has 0 radical (unpaired) electrons. The predicted molar refractivity (Wildman–Crippen MR) is 130 cm³/mol. The van der Waals surface area contributed by atoms with Crippen LogP contribution in [0.2, 0.25) is 0 Å². The summed E-state index contributed by atoms with van der Waals surface area (Å²) in [6.07, 6.45) is 4.31. The number of nitrogens with zero attached hydrogens (tertiary/aromatic N) is 2. The monoisotopic (exact) mass is 432 g/mol. The molecule has 1 saturated heterocycles. The Balaban J connectivity index is 2.04. The van der Waals surface area contributed by atoms with Crippen LogP contribution in [0.15, 0.2) is 29.3 Å². The number of nitrogens with one attached hydrogen (secondary N) is 2. The van der Waals surface area contributed by atoms with Crippen molar-refractivity contribution >= 4 is 5.96 Å². The standard InChI is InChI=1S/C25H44N4O2/c1-6-26-24(28-21(4)10-9-17-29(7-2)8-3)27-20-25(15-18-31-19-16-25)22-11-13-23(30-5)14-12-22/h11-14,21H,6-10,15-20H2,1-5H3,(H2,26,27,28). The highest BCUT2D eigenvalue weighted by atomic mass is 16.5. The highest BCUT2D eigenvalue weighted by Crippen LogP contribution is 2.36. The van der Waals surface area contributed by atoms with Crippen LogP contribution in [0.3, 0.4) is 0 Å².